The molecule has 17 rings (SSSR count). The molecular weight excluding hydrogens is 1950 g/mol. The topological polar surface area (TPSA) is 68.3 Å². The Labute approximate surface area is 902 Å². The average Bonchev–Trinajstić information content (AvgIpc) is 1.54. The normalized spacial score (nSPS) is 13.4. The molecule has 14 heteroatoms. The van der Waals surface area contributed by atoms with E-state index >= 15 is 0 Å². The van der Waals surface area contributed by atoms with E-state index in [1.54, 1.807) is 22.7 Å². The minimum absolute atomic E-state index is 0.159. The number of carbonyl (C=O) groups excluding carboxylic acids is 4. The van der Waals surface area contributed by atoms with Crippen molar-refractivity contribution in [1.29, 1.82) is 0 Å². The van der Waals surface area contributed by atoms with Gasteiger partial charge in [-0.25, -0.2) is 0 Å². The molecule has 762 valence electrons. The number of unbranched alkanes of at least 4 members (excludes halogenated alkanes) is 38. The van der Waals surface area contributed by atoms with E-state index in [4.69, 9.17) is 0 Å². The van der Waals surface area contributed by atoms with Gasteiger partial charge in [0.25, 0.3) is 0 Å². The molecule has 2 unspecified atom stereocenters. The Balaban J connectivity index is 0.760. The van der Waals surface area contributed by atoms with Crippen molar-refractivity contribution < 1.29 is 19.2 Å². The van der Waals surface area contributed by atoms with Crippen molar-refractivity contribution >= 4 is 211 Å². The van der Waals surface area contributed by atoms with E-state index in [1.165, 1.54) is 448 Å². The Morgan fingerprint density at radius 3 is 0.750 bits per heavy atom. The number of hydrogen-bond acceptors (Lipinski definition) is 14. The number of aryl methyl sites for hydroxylation is 4. The highest BCUT2D eigenvalue weighted by Crippen LogP contribution is 2.56. The molecule has 4 nitrogen and oxygen atoms in total. The number of benzene rings is 5. The van der Waals surface area contributed by atoms with E-state index in [9.17, 15) is 19.2 Å². The van der Waals surface area contributed by atoms with E-state index in [0.29, 0.717) is 34.1 Å². The lowest BCUT2D eigenvalue weighted by Crippen LogP contribution is -2.01. The molecule has 2 aliphatic carbocycles. The third kappa shape index (κ3) is 26.7. The number of Topliss-reactive ketones (excluding diaryl/α,β-unsaturated/α-hetero) is 4. The molecule has 2 aliphatic rings. The summed E-state index contributed by atoms with van der Waals surface area (Å²) in [4.78, 5) is 77.2. The van der Waals surface area contributed by atoms with Gasteiger partial charge in [0, 0.05) is 162 Å². The molecule has 2 atom stereocenters. The quantitative estimate of drug-likeness (QED) is 0.0165. The third-order valence-corrected chi connectivity index (χ3v) is 43.9. The Bertz CT molecular complexity index is 6380. The smallest absolute Gasteiger partial charge is 0.197 e. The van der Waals surface area contributed by atoms with E-state index in [2.05, 4.69) is 186 Å². The molecule has 0 amide bonds. The highest BCUT2D eigenvalue weighted by Gasteiger charge is 2.36. The molecule has 15 aromatic rings. The lowest BCUT2D eigenvalue weighted by Gasteiger charge is -2.12. The van der Waals surface area contributed by atoms with E-state index in [0.717, 1.165) is 61.1 Å². The SMILES string of the molecule is CCCCCCCCCCCCc1cc(C=C2C(=O)c3ccccc3C2=O)sc1-c1ccc(-c2sc(-c3cc4c5cc(CC(CC)CCCC)sc5c5cc6c(cc5c4s3)c3sc(CC(CC)CCCC)cc3c3cc(-c4cc(CCCCCCCCCCCC)c(-c5ccc(-c7sc(C=C8C(=O)c9ccccc9C8=O)cc7CCCCCCCCCCCC)s5)s4)sc36)cc2CCCCCCCCCCCC)s1. The fraction of sp³-hybridized carbons (Fsp3) is 0.492. The van der Waals surface area contributed by atoms with E-state index < -0.39 is 0 Å². The van der Waals surface area contributed by atoms with Crippen LogP contribution < -0.4 is 0 Å². The van der Waals surface area contributed by atoms with Gasteiger partial charge in [0.05, 0.1) is 11.1 Å². The summed E-state index contributed by atoms with van der Waals surface area (Å²) in [5.41, 5.74) is 8.28. The molecule has 0 N–H and O–H groups in total. The minimum atomic E-state index is -0.159. The van der Waals surface area contributed by atoms with Crippen molar-refractivity contribution in [1.82, 2.24) is 0 Å². The van der Waals surface area contributed by atoms with Gasteiger partial charge in [-0.1, -0.05) is 386 Å². The van der Waals surface area contributed by atoms with Gasteiger partial charge in [0.15, 0.2) is 23.1 Å². The number of carbonyl (C=O) groups is 4. The van der Waals surface area contributed by atoms with Crippen LogP contribution in [0.25, 0.3) is 133 Å². The summed E-state index contributed by atoms with van der Waals surface area (Å²) < 4.78 is 5.71. The Kier molecular flexibility index (Phi) is 40.9. The van der Waals surface area contributed by atoms with Gasteiger partial charge < -0.3 is 0 Å². The first-order valence-electron chi connectivity index (χ1n) is 57.0. The molecule has 144 heavy (non-hydrogen) atoms. The summed E-state index contributed by atoms with van der Waals surface area (Å²) >= 11 is 19.8. The Morgan fingerprint density at radius 1 is 0.222 bits per heavy atom. The van der Waals surface area contributed by atoms with Gasteiger partial charge >= 0.3 is 0 Å². The predicted molar refractivity (Wildman–Crippen MR) is 645 cm³/mol. The van der Waals surface area contributed by atoms with Crippen LogP contribution in [0.5, 0.6) is 0 Å². The average molecular weight is 2110 g/mol. The second-order valence-electron chi connectivity index (χ2n) is 42.3. The molecule has 5 aromatic carbocycles. The number of rotatable bonds is 64. The fourth-order valence-electron chi connectivity index (χ4n) is 22.7. The first-order chi connectivity index (χ1) is 70.8. The van der Waals surface area contributed by atoms with Crippen molar-refractivity contribution in [2.24, 2.45) is 11.8 Å². The zero-order chi connectivity index (χ0) is 99.6. The van der Waals surface area contributed by atoms with Crippen molar-refractivity contribution in [3.63, 3.8) is 0 Å². The fourth-order valence-corrected chi connectivity index (χ4v) is 35.2. The number of fused-ring (bicyclic) bond motifs is 14. The maximum atomic E-state index is 14.0. The van der Waals surface area contributed by atoms with Crippen LogP contribution in [0.1, 0.15) is 447 Å². The highest BCUT2D eigenvalue weighted by molar-refractivity contribution is 7.32. The van der Waals surface area contributed by atoms with Crippen LogP contribution in [-0.4, -0.2) is 23.1 Å². The molecule has 0 spiro atoms. The van der Waals surface area contributed by atoms with Crippen LogP contribution in [0.2, 0.25) is 0 Å². The van der Waals surface area contributed by atoms with Crippen LogP contribution >= 0.6 is 113 Å². The van der Waals surface area contributed by atoms with Crippen LogP contribution in [0, 0.1) is 11.8 Å². The summed E-state index contributed by atoms with van der Waals surface area (Å²) in [6.07, 6.45) is 72.0. The van der Waals surface area contributed by atoms with Crippen LogP contribution in [0.15, 0.2) is 145 Å². The zero-order valence-electron chi connectivity index (χ0n) is 87.9. The van der Waals surface area contributed by atoms with Crippen LogP contribution in [-0.2, 0) is 38.5 Å². The summed E-state index contributed by atoms with van der Waals surface area (Å²) in [5, 5.41) is 11.2. The second-order valence-corrected chi connectivity index (χ2v) is 53.1. The maximum absolute atomic E-state index is 14.0. The van der Waals surface area contributed by atoms with Crippen molar-refractivity contribution in [3.8, 4) is 58.5 Å². The van der Waals surface area contributed by atoms with Gasteiger partial charge in [0.2, 0.25) is 0 Å². The van der Waals surface area contributed by atoms with Crippen molar-refractivity contribution in [3.05, 3.63) is 209 Å². The number of thiophene rings is 10. The molecule has 0 fully saturated rings. The van der Waals surface area contributed by atoms with E-state index in [-0.39, 0.29) is 34.3 Å². The summed E-state index contributed by atoms with van der Waals surface area (Å²) in [7, 11) is 0. The Hall–Kier alpha value is -7.18. The van der Waals surface area contributed by atoms with Crippen molar-refractivity contribution in [2.45, 2.75) is 402 Å². The minimum Gasteiger partial charge on any atom is -0.288 e. The van der Waals surface area contributed by atoms with Crippen LogP contribution in [0.3, 0.4) is 0 Å². The van der Waals surface area contributed by atoms with Crippen LogP contribution in [0.4, 0.5) is 0 Å². The summed E-state index contributed by atoms with van der Waals surface area (Å²) in [5.74, 6) is 0.651. The van der Waals surface area contributed by atoms with E-state index in [1.807, 2.05) is 106 Å². The first-order valence-corrected chi connectivity index (χ1v) is 65.2. The van der Waals surface area contributed by atoms with Gasteiger partial charge in [-0.2, -0.15) is 0 Å². The van der Waals surface area contributed by atoms with Crippen molar-refractivity contribution in [2.75, 3.05) is 0 Å². The molecule has 0 aliphatic heterocycles. The molecule has 10 aromatic heterocycles. The molecule has 10 heterocycles. The first kappa shape index (κ1) is 108. The maximum Gasteiger partial charge on any atom is 0.197 e. The molecule has 0 saturated heterocycles. The van der Waals surface area contributed by atoms with Gasteiger partial charge in [-0.3, -0.25) is 19.2 Å². The number of ketones is 4. The number of hydrogen-bond donors (Lipinski definition) is 0. The third-order valence-electron chi connectivity index (χ3n) is 31.3. The van der Waals surface area contributed by atoms with Gasteiger partial charge in [0.1, 0.15) is 0 Å². The van der Waals surface area contributed by atoms with Gasteiger partial charge in [-0.15, -0.1) is 113 Å². The standard InChI is InChI=1S/C130H158O4S10/c1-9-17-23-27-31-35-39-43-47-51-61-89-75-95(81-109-119(131)97-65-55-56-66-98(97)120(109)132)135-123(89)111-69-71-113(139-111)125-91(63-53-49-45-41-37-33-29-25-19-11-3)77-115(141-125)117-85-107-101-79-93(73-87(15-7)59-21-13-5)137-127(101)103-84-106-104(83-105(103)129(107)143-117)128-102(80-94(138-128)74-88(16-8)60-22-14-6)108-86-118(144-130(106)108)116-78-92(64-54-50-46-42-38-34-30-26-20-12-4)126(142-116)114-72-70-112(140-114)124-90(62-52-48-44-40-36-32-28-24-18-10-2)76-96(136-124)82-110-121(133)99-67-57-58-68-100(99)122(110)134/h55-58,65-72,75-88H,9-54,59-64,73-74H2,1-8H3. The monoisotopic (exact) mass is 2100 g/mol. The van der Waals surface area contributed by atoms with Gasteiger partial charge in [-0.05, 0) is 195 Å². The molecular formula is C130H158O4S10. The molecule has 0 radical (unpaired) electrons. The summed E-state index contributed by atoms with van der Waals surface area (Å²) in [6, 6.07) is 50.3. The lowest BCUT2D eigenvalue weighted by molar-refractivity contribution is 0.0975. The Morgan fingerprint density at radius 2 is 0.465 bits per heavy atom. The zero-order valence-corrected chi connectivity index (χ0v) is 96.1. The highest BCUT2D eigenvalue weighted by atomic mass is 32.1. The second kappa shape index (κ2) is 54.5. The lowest BCUT2D eigenvalue weighted by atomic mass is 9.94. The molecule has 0 bridgehead atoms. The summed E-state index contributed by atoms with van der Waals surface area (Å²) in [6.45, 7) is 18.8. The predicted octanol–water partition coefficient (Wildman–Crippen LogP) is 45.5. The molecule has 0 saturated carbocycles. The number of allylic oxidation sites excluding steroid dienone is 2. The largest absolute Gasteiger partial charge is 0.288 e.